The number of phenolic OH excluding ortho intramolecular Hbond substituents is 1. The highest BCUT2D eigenvalue weighted by Crippen LogP contribution is 2.30. The molecule has 0 unspecified atom stereocenters. The van der Waals surface area contributed by atoms with E-state index in [0.717, 1.165) is 16.6 Å². The maximum Gasteiger partial charge on any atom is 0.271 e. The normalized spacial score (nSPS) is 11.0. The molecule has 0 aliphatic rings. The van der Waals surface area contributed by atoms with Gasteiger partial charge in [-0.3, -0.25) is 4.79 Å². The molecule has 4 aromatic rings. The molecule has 0 bridgehead atoms. The number of carbonyl (C=O) groups excluding carboxylic acids is 1. The number of aryl methyl sites for hydroxylation is 1. The lowest BCUT2D eigenvalue weighted by molar-refractivity contribution is 0.0955. The number of ether oxygens (including phenoxy) is 2. The molecule has 0 aliphatic carbocycles. The third kappa shape index (κ3) is 5.07. The standard InChI is InChI=1S/C25H22N4O4/c1-16-20-7-3-4-8-21(20)28-23(27-16)15-33-24-18(6-5-9-22(24)32-2)14-26-29-25(31)17-10-12-19(30)13-11-17/h3-14,30H,15H2,1-2H3,(H,29,31)/b26-14+. The lowest BCUT2D eigenvalue weighted by atomic mass is 10.2. The van der Waals surface area contributed by atoms with Gasteiger partial charge in [-0.05, 0) is 49.4 Å². The summed E-state index contributed by atoms with van der Waals surface area (Å²) in [6, 6.07) is 19.0. The van der Waals surface area contributed by atoms with E-state index in [0.29, 0.717) is 28.5 Å². The number of aromatic hydroxyl groups is 1. The van der Waals surface area contributed by atoms with Crippen molar-refractivity contribution in [1.82, 2.24) is 15.4 Å². The molecule has 0 atom stereocenters. The average Bonchev–Trinajstić information content (AvgIpc) is 2.83. The molecule has 0 radical (unpaired) electrons. The van der Waals surface area contributed by atoms with E-state index in [2.05, 4.69) is 20.5 Å². The van der Waals surface area contributed by atoms with Crippen molar-refractivity contribution in [3.8, 4) is 17.2 Å². The summed E-state index contributed by atoms with van der Waals surface area (Å²) in [4.78, 5) is 21.3. The van der Waals surface area contributed by atoms with Crippen molar-refractivity contribution in [2.75, 3.05) is 7.11 Å². The number of phenols is 1. The molecule has 0 saturated heterocycles. The van der Waals surface area contributed by atoms with Gasteiger partial charge in [0, 0.05) is 22.2 Å². The second kappa shape index (κ2) is 9.78. The zero-order valence-corrected chi connectivity index (χ0v) is 18.1. The van der Waals surface area contributed by atoms with Crippen LogP contribution in [0.15, 0.2) is 71.8 Å². The molecule has 2 N–H and O–H groups in total. The van der Waals surface area contributed by atoms with Crippen LogP contribution in [-0.4, -0.2) is 34.3 Å². The number of para-hydroxylation sites is 2. The molecule has 0 spiro atoms. The highest BCUT2D eigenvalue weighted by atomic mass is 16.5. The molecule has 3 aromatic carbocycles. The van der Waals surface area contributed by atoms with Gasteiger partial charge in [-0.2, -0.15) is 5.10 Å². The van der Waals surface area contributed by atoms with Gasteiger partial charge in [-0.15, -0.1) is 0 Å². The smallest absolute Gasteiger partial charge is 0.271 e. The van der Waals surface area contributed by atoms with Crippen LogP contribution in [0.25, 0.3) is 10.9 Å². The summed E-state index contributed by atoms with van der Waals surface area (Å²) in [6.45, 7) is 2.07. The van der Waals surface area contributed by atoms with Gasteiger partial charge in [0.25, 0.3) is 5.91 Å². The first-order chi connectivity index (χ1) is 16.0. The van der Waals surface area contributed by atoms with Crippen molar-refractivity contribution in [3.05, 3.63) is 89.4 Å². The maximum absolute atomic E-state index is 12.2. The molecule has 166 valence electrons. The Balaban J connectivity index is 1.52. The molecule has 0 aliphatic heterocycles. The van der Waals surface area contributed by atoms with Gasteiger partial charge in [-0.1, -0.05) is 24.3 Å². The molecular formula is C25H22N4O4. The Hall–Kier alpha value is -4.46. The van der Waals surface area contributed by atoms with Crippen molar-refractivity contribution < 1.29 is 19.4 Å². The zero-order chi connectivity index (χ0) is 23.2. The fourth-order valence-corrected chi connectivity index (χ4v) is 3.28. The number of fused-ring (bicyclic) bond motifs is 1. The SMILES string of the molecule is COc1cccc(/C=N/NC(=O)c2ccc(O)cc2)c1OCc1nc(C)c2ccccc2n1. The van der Waals surface area contributed by atoms with E-state index in [-0.39, 0.29) is 12.4 Å². The molecule has 1 amide bonds. The quantitative estimate of drug-likeness (QED) is 0.331. The van der Waals surface area contributed by atoms with Gasteiger partial charge < -0.3 is 14.6 Å². The summed E-state index contributed by atoms with van der Waals surface area (Å²) in [5, 5.41) is 14.4. The second-order valence-corrected chi connectivity index (χ2v) is 7.16. The van der Waals surface area contributed by atoms with Gasteiger partial charge in [0.1, 0.15) is 12.4 Å². The molecule has 1 aromatic heterocycles. The minimum absolute atomic E-state index is 0.0822. The van der Waals surface area contributed by atoms with Crippen LogP contribution in [0.1, 0.15) is 27.4 Å². The Morgan fingerprint density at radius 3 is 2.64 bits per heavy atom. The van der Waals surface area contributed by atoms with Crippen molar-refractivity contribution in [3.63, 3.8) is 0 Å². The maximum atomic E-state index is 12.2. The van der Waals surface area contributed by atoms with E-state index in [1.54, 1.807) is 25.3 Å². The Bertz CT molecular complexity index is 1320. The van der Waals surface area contributed by atoms with Crippen LogP contribution >= 0.6 is 0 Å². The Morgan fingerprint density at radius 2 is 1.85 bits per heavy atom. The van der Waals surface area contributed by atoms with Crippen LogP contribution in [0.3, 0.4) is 0 Å². The number of rotatable bonds is 7. The number of hydrazone groups is 1. The monoisotopic (exact) mass is 442 g/mol. The summed E-state index contributed by atoms with van der Waals surface area (Å²) in [5.74, 6) is 1.19. The van der Waals surface area contributed by atoms with Crippen LogP contribution in [0.2, 0.25) is 0 Å². The van der Waals surface area contributed by atoms with Crippen LogP contribution in [0.4, 0.5) is 0 Å². The van der Waals surface area contributed by atoms with Gasteiger partial charge in [0.15, 0.2) is 17.3 Å². The Labute approximate surface area is 190 Å². The molecule has 8 heteroatoms. The molecule has 4 rings (SSSR count). The minimum Gasteiger partial charge on any atom is -0.508 e. The fourth-order valence-electron chi connectivity index (χ4n) is 3.28. The van der Waals surface area contributed by atoms with E-state index in [1.807, 2.05) is 31.2 Å². The average molecular weight is 442 g/mol. The first-order valence-corrected chi connectivity index (χ1v) is 10.2. The van der Waals surface area contributed by atoms with Crippen LogP contribution in [0, 0.1) is 6.92 Å². The van der Waals surface area contributed by atoms with Crippen molar-refractivity contribution >= 4 is 23.0 Å². The molecule has 0 saturated carbocycles. The fraction of sp³-hybridized carbons (Fsp3) is 0.120. The summed E-state index contributed by atoms with van der Waals surface area (Å²) in [7, 11) is 1.55. The predicted molar refractivity (Wildman–Crippen MR) is 125 cm³/mol. The number of methoxy groups -OCH3 is 1. The van der Waals surface area contributed by atoms with Crippen LogP contribution in [-0.2, 0) is 6.61 Å². The minimum atomic E-state index is -0.406. The van der Waals surface area contributed by atoms with Crippen LogP contribution < -0.4 is 14.9 Å². The Kier molecular flexibility index (Phi) is 6.45. The van der Waals surface area contributed by atoms with E-state index >= 15 is 0 Å². The van der Waals surface area contributed by atoms with Crippen molar-refractivity contribution in [1.29, 1.82) is 0 Å². The molecule has 33 heavy (non-hydrogen) atoms. The molecular weight excluding hydrogens is 420 g/mol. The largest absolute Gasteiger partial charge is 0.508 e. The third-order valence-corrected chi connectivity index (χ3v) is 4.91. The number of carbonyl (C=O) groups is 1. The number of nitrogens with zero attached hydrogens (tertiary/aromatic N) is 3. The summed E-state index contributed by atoms with van der Waals surface area (Å²) in [5.41, 5.74) is 5.16. The number of amides is 1. The van der Waals surface area contributed by atoms with Gasteiger partial charge in [0.05, 0.1) is 18.8 Å². The number of hydrogen-bond donors (Lipinski definition) is 2. The van der Waals surface area contributed by atoms with E-state index in [4.69, 9.17) is 9.47 Å². The van der Waals surface area contributed by atoms with Gasteiger partial charge >= 0.3 is 0 Å². The van der Waals surface area contributed by atoms with Crippen LogP contribution in [0.5, 0.6) is 17.2 Å². The van der Waals surface area contributed by atoms with Gasteiger partial charge in [0.2, 0.25) is 0 Å². The first-order valence-electron chi connectivity index (χ1n) is 10.2. The van der Waals surface area contributed by atoms with E-state index in [9.17, 15) is 9.90 Å². The van der Waals surface area contributed by atoms with E-state index in [1.165, 1.54) is 30.5 Å². The van der Waals surface area contributed by atoms with Crippen molar-refractivity contribution in [2.24, 2.45) is 5.10 Å². The molecule has 1 heterocycles. The predicted octanol–water partition coefficient (Wildman–Crippen LogP) is 4.00. The zero-order valence-electron chi connectivity index (χ0n) is 18.1. The highest BCUT2D eigenvalue weighted by molar-refractivity contribution is 5.95. The van der Waals surface area contributed by atoms with Gasteiger partial charge in [-0.25, -0.2) is 15.4 Å². The molecule has 0 fully saturated rings. The first kappa shape index (κ1) is 21.8. The second-order valence-electron chi connectivity index (χ2n) is 7.16. The lowest BCUT2D eigenvalue weighted by Gasteiger charge is -2.13. The highest BCUT2D eigenvalue weighted by Gasteiger charge is 2.12. The molecule has 8 nitrogen and oxygen atoms in total. The third-order valence-electron chi connectivity index (χ3n) is 4.91. The lowest BCUT2D eigenvalue weighted by Crippen LogP contribution is -2.17. The van der Waals surface area contributed by atoms with Crippen molar-refractivity contribution in [2.45, 2.75) is 13.5 Å². The number of aromatic nitrogens is 2. The summed E-state index contributed by atoms with van der Waals surface area (Å²) < 4.78 is 11.5. The van der Waals surface area contributed by atoms with E-state index < -0.39 is 5.91 Å². The number of hydrogen-bond acceptors (Lipinski definition) is 7. The summed E-state index contributed by atoms with van der Waals surface area (Å²) in [6.07, 6.45) is 1.47. The summed E-state index contributed by atoms with van der Waals surface area (Å²) >= 11 is 0. The Morgan fingerprint density at radius 1 is 1.06 bits per heavy atom. The number of benzene rings is 3. The topological polar surface area (TPSA) is 106 Å². The number of nitrogens with one attached hydrogen (secondary N) is 1.